The zero-order valence-corrected chi connectivity index (χ0v) is 14.8. The molecule has 1 aromatic carbocycles. The minimum absolute atomic E-state index is 0.150. The number of carbonyl (C=O) groups is 2. The standard InChI is InChI=1S/C17H25N3O2S/c1-17(2,23-3)15(18)16(22)19-11-12-6-8-13(9-7-12)20-10-4-5-14(20)21/h6-9,15H,4-5,10-11,18H2,1-3H3,(H,19,22)/t15-/m1/s1. The van der Waals surface area contributed by atoms with Crippen LogP contribution >= 0.6 is 11.8 Å². The number of carbonyl (C=O) groups excluding carboxylic acids is 2. The average molecular weight is 335 g/mol. The number of hydrogen-bond acceptors (Lipinski definition) is 4. The van der Waals surface area contributed by atoms with E-state index in [1.807, 2.05) is 44.4 Å². The van der Waals surface area contributed by atoms with Crippen molar-refractivity contribution in [3.63, 3.8) is 0 Å². The zero-order chi connectivity index (χ0) is 17.0. The SMILES string of the molecule is CSC(C)(C)[C@H](N)C(=O)NCc1ccc(N2CCCC2=O)cc1. The van der Waals surface area contributed by atoms with E-state index in [0.717, 1.165) is 24.2 Å². The Morgan fingerprint density at radius 1 is 1.39 bits per heavy atom. The number of hydrogen-bond donors (Lipinski definition) is 2. The Kier molecular flexibility index (Phi) is 5.70. The molecule has 0 saturated carbocycles. The lowest BCUT2D eigenvalue weighted by Crippen LogP contribution is -2.51. The second-order valence-electron chi connectivity index (χ2n) is 6.32. The molecule has 1 aliphatic rings. The number of rotatable bonds is 6. The monoisotopic (exact) mass is 335 g/mol. The Balaban J connectivity index is 1.91. The summed E-state index contributed by atoms with van der Waals surface area (Å²) in [7, 11) is 0. The maximum atomic E-state index is 12.1. The van der Waals surface area contributed by atoms with E-state index < -0.39 is 6.04 Å². The van der Waals surface area contributed by atoms with Crippen molar-refractivity contribution in [1.82, 2.24) is 5.32 Å². The van der Waals surface area contributed by atoms with E-state index in [1.165, 1.54) is 0 Å². The first-order valence-corrected chi connectivity index (χ1v) is 9.05. The van der Waals surface area contributed by atoms with Crippen LogP contribution in [0.2, 0.25) is 0 Å². The lowest BCUT2D eigenvalue weighted by Gasteiger charge is -2.28. The molecule has 0 bridgehead atoms. The van der Waals surface area contributed by atoms with Gasteiger partial charge in [-0.25, -0.2) is 0 Å². The highest BCUT2D eigenvalue weighted by molar-refractivity contribution is 8.00. The van der Waals surface area contributed by atoms with Crippen molar-refractivity contribution in [2.75, 3.05) is 17.7 Å². The molecular formula is C17H25N3O2S. The van der Waals surface area contributed by atoms with E-state index in [4.69, 9.17) is 5.73 Å². The lowest BCUT2D eigenvalue weighted by atomic mass is 10.0. The molecular weight excluding hydrogens is 310 g/mol. The molecule has 1 fully saturated rings. The summed E-state index contributed by atoms with van der Waals surface area (Å²) in [6.07, 6.45) is 3.49. The summed E-state index contributed by atoms with van der Waals surface area (Å²) in [4.78, 5) is 25.7. The van der Waals surface area contributed by atoms with Gasteiger partial charge in [-0.15, -0.1) is 0 Å². The van der Waals surface area contributed by atoms with Gasteiger partial charge < -0.3 is 16.0 Å². The van der Waals surface area contributed by atoms with Crippen molar-refractivity contribution in [1.29, 1.82) is 0 Å². The Morgan fingerprint density at radius 2 is 2.04 bits per heavy atom. The molecule has 3 N–H and O–H groups in total. The van der Waals surface area contributed by atoms with Gasteiger partial charge in [-0.05, 0) is 44.2 Å². The second-order valence-corrected chi connectivity index (χ2v) is 7.78. The fourth-order valence-corrected chi connectivity index (χ4v) is 2.82. The minimum atomic E-state index is -0.556. The average Bonchev–Trinajstić information content (AvgIpc) is 2.98. The van der Waals surface area contributed by atoms with E-state index >= 15 is 0 Å². The highest BCUT2D eigenvalue weighted by atomic mass is 32.2. The van der Waals surface area contributed by atoms with Gasteiger partial charge >= 0.3 is 0 Å². The van der Waals surface area contributed by atoms with Crippen molar-refractivity contribution < 1.29 is 9.59 Å². The first-order chi connectivity index (χ1) is 10.8. The van der Waals surface area contributed by atoms with Crippen LogP contribution in [0.15, 0.2) is 24.3 Å². The topological polar surface area (TPSA) is 75.4 Å². The number of amides is 2. The Bertz CT molecular complexity index is 572. The molecule has 0 radical (unpaired) electrons. The zero-order valence-electron chi connectivity index (χ0n) is 14.0. The third kappa shape index (κ3) is 4.26. The van der Waals surface area contributed by atoms with Gasteiger partial charge in [0, 0.05) is 29.9 Å². The van der Waals surface area contributed by atoms with Gasteiger partial charge in [0.05, 0.1) is 6.04 Å². The molecule has 0 aliphatic carbocycles. The minimum Gasteiger partial charge on any atom is -0.351 e. The number of nitrogens with two attached hydrogens (primary N) is 1. The van der Waals surface area contributed by atoms with Crippen LogP contribution < -0.4 is 16.0 Å². The molecule has 1 heterocycles. The normalized spacial score (nSPS) is 16.5. The Hall–Kier alpha value is -1.53. The molecule has 23 heavy (non-hydrogen) atoms. The highest BCUT2D eigenvalue weighted by Gasteiger charge is 2.31. The van der Waals surface area contributed by atoms with E-state index in [-0.39, 0.29) is 16.6 Å². The van der Waals surface area contributed by atoms with Crippen LogP contribution in [0.4, 0.5) is 5.69 Å². The van der Waals surface area contributed by atoms with Crippen LogP contribution in [0.3, 0.4) is 0 Å². The lowest BCUT2D eigenvalue weighted by molar-refractivity contribution is -0.123. The molecule has 0 aromatic heterocycles. The number of anilines is 1. The van der Waals surface area contributed by atoms with Crippen LogP contribution in [0, 0.1) is 0 Å². The number of benzene rings is 1. The van der Waals surface area contributed by atoms with Crippen LogP contribution in [-0.2, 0) is 16.1 Å². The third-order valence-electron chi connectivity index (χ3n) is 4.35. The quantitative estimate of drug-likeness (QED) is 0.832. The fourth-order valence-electron chi connectivity index (χ4n) is 2.46. The van der Waals surface area contributed by atoms with Crippen LogP contribution in [0.1, 0.15) is 32.3 Å². The van der Waals surface area contributed by atoms with Crippen LogP contribution in [0.25, 0.3) is 0 Å². The van der Waals surface area contributed by atoms with Crippen LogP contribution in [-0.4, -0.2) is 35.4 Å². The number of nitrogens with zero attached hydrogens (tertiary/aromatic N) is 1. The van der Waals surface area contributed by atoms with Crippen LogP contribution in [0.5, 0.6) is 0 Å². The predicted molar refractivity (Wildman–Crippen MR) is 95.4 cm³/mol. The summed E-state index contributed by atoms with van der Waals surface area (Å²) in [6, 6.07) is 7.17. The summed E-state index contributed by atoms with van der Waals surface area (Å²) in [6.45, 7) is 5.15. The summed E-state index contributed by atoms with van der Waals surface area (Å²) < 4.78 is -0.302. The summed E-state index contributed by atoms with van der Waals surface area (Å²) in [5.41, 5.74) is 7.92. The first kappa shape index (κ1) is 17.8. The van der Waals surface area contributed by atoms with Crippen molar-refractivity contribution in [2.24, 2.45) is 5.73 Å². The number of thioether (sulfide) groups is 1. The highest BCUT2D eigenvalue weighted by Crippen LogP contribution is 2.24. The van der Waals surface area contributed by atoms with Crippen molar-refractivity contribution in [2.45, 2.75) is 44.0 Å². The van der Waals surface area contributed by atoms with Crippen molar-refractivity contribution >= 4 is 29.3 Å². The molecule has 2 amide bonds. The van der Waals surface area contributed by atoms with Gasteiger partial charge in [-0.3, -0.25) is 9.59 Å². The summed E-state index contributed by atoms with van der Waals surface area (Å²) in [5.74, 6) is 0.0273. The van der Waals surface area contributed by atoms with Crippen molar-refractivity contribution in [3.05, 3.63) is 29.8 Å². The molecule has 1 saturated heterocycles. The van der Waals surface area contributed by atoms with Gasteiger partial charge in [-0.2, -0.15) is 11.8 Å². The molecule has 0 unspecified atom stereocenters. The van der Waals surface area contributed by atoms with E-state index in [1.54, 1.807) is 16.7 Å². The molecule has 1 aromatic rings. The van der Waals surface area contributed by atoms with Gasteiger partial charge in [0.1, 0.15) is 0 Å². The Labute approximate surface area is 142 Å². The maximum Gasteiger partial charge on any atom is 0.238 e. The van der Waals surface area contributed by atoms with E-state index in [0.29, 0.717) is 13.0 Å². The maximum absolute atomic E-state index is 12.1. The molecule has 1 aliphatic heterocycles. The van der Waals surface area contributed by atoms with Crippen molar-refractivity contribution in [3.8, 4) is 0 Å². The summed E-state index contributed by atoms with van der Waals surface area (Å²) >= 11 is 1.58. The van der Waals surface area contributed by atoms with Gasteiger partial charge in [0.25, 0.3) is 0 Å². The molecule has 2 rings (SSSR count). The molecule has 0 spiro atoms. The van der Waals surface area contributed by atoms with E-state index in [2.05, 4.69) is 5.32 Å². The third-order valence-corrected chi connectivity index (χ3v) is 5.65. The largest absolute Gasteiger partial charge is 0.351 e. The Morgan fingerprint density at radius 3 is 2.57 bits per heavy atom. The van der Waals surface area contributed by atoms with Gasteiger partial charge in [-0.1, -0.05) is 12.1 Å². The van der Waals surface area contributed by atoms with Gasteiger partial charge in [0.15, 0.2) is 0 Å². The first-order valence-electron chi connectivity index (χ1n) is 7.83. The fraction of sp³-hybridized carbons (Fsp3) is 0.529. The number of nitrogens with one attached hydrogen (secondary N) is 1. The van der Waals surface area contributed by atoms with Gasteiger partial charge in [0.2, 0.25) is 11.8 Å². The molecule has 6 heteroatoms. The summed E-state index contributed by atoms with van der Waals surface area (Å²) in [5, 5.41) is 2.88. The molecule has 5 nitrogen and oxygen atoms in total. The molecule has 126 valence electrons. The predicted octanol–water partition coefficient (Wildman–Crippen LogP) is 1.90. The second kappa shape index (κ2) is 7.36. The molecule has 1 atom stereocenters. The van der Waals surface area contributed by atoms with E-state index in [9.17, 15) is 9.59 Å². The smallest absolute Gasteiger partial charge is 0.238 e.